The number of carbonyl (C=O) groups excluding carboxylic acids is 2. The van der Waals surface area contributed by atoms with E-state index >= 15 is 4.39 Å². The number of halogens is 2. The molecule has 64 heavy (non-hydrogen) atoms. The first-order valence-electron chi connectivity index (χ1n) is 20.4. The van der Waals surface area contributed by atoms with E-state index in [2.05, 4.69) is 24.7 Å². The number of aromatic nitrogens is 1. The predicted molar refractivity (Wildman–Crippen MR) is 248 cm³/mol. The standard InChI is InChI=1S/C46H49F2N7O4S2.CO2/c1-32-28-42(46(52(32)4)33-10-12-34(47)13-11-33)41-29-38(18-20-43(41)48)54-26-24-53(25-27-54)37-16-14-35(15-17-37)50-61(58,59)40-19-21-44(45(30-40)55(56)57)49-36(22-23-51(2)3)31-60-39-8-6-5-7-9-39;2-1-3/h5-21,28-30,36,49-50H,22-27,31H2,1-4H3;/t36-;/m1./s1. The van der Waals surface area contributed by atoms with Crippen molar-refractivity contribution in [2.45, 2.75) is 29.2 Å². The number of rotatable bonds is 16. The minimum Gasteiger partial charge on any atom is -0.376 e. The molecule has 2 N–H and O–H groups in total. The molecular formula is C47H49F2N7O6S2. The van der Waals surface area contributed by atoms with Gasteiger partial charge < -0.3 is 24.6 Å². The molecule has 1 saturated heterocycles. The second-order valence-corrected chi connectivity index (χ2v) is 18.3. The van der Waals surface area contributed by atoms with Gasteiger partial charge in [0.05, 0.1) is 15.5 Å². The summed E-state index contributed by atoms with van der Waals surface area (Å²) in [4.78, 5) is 35.3. The molecule has 1 fully saturated rings. The Morgan fingerprint density at radius 2 is 1.45 bits per heavy atom. The number of aryl methyl sites for hydroxylation is 1. The first-order valence-corrected chi connectivity index (χ1v) is 22.9. The normalized spacial score (nSPS) is 13.2. The fourth-order valence-corrected chi connectivity index (χ4v) is 9.55. The zero-order valence-corrected chi connectivity index (χ0v) is 37.5. The molecule has 0 aliphatic carbocycles. The maximum Gasteiger partial charge on any atom is 0.373 e. The number of nitrogens with one attached hydrogen (secondary N) is 2. The molecule has 13 nitrogen and oxygen atoms in total. The van der Waals surface area contributed by atoms with E-state index in [0.717, 1.165) is 57.8 Å². The highest BCUT2D eigenvalue weighted by atomic mass is 32.2. The van der Waals surface area contributed by atoms with Crippen LogP contribution in [0.2, 0.25) is 0 Å². The summed E-state index contributed by atoms with van der Waals surface area (Å²) in [5.74, 6) is -0.0136. The number of hydrogen-bond acceptors (Lipinski definition) is 11. The average Bonchev–Trinajstić information content (AvgIpc) is 3.58. The van der Waals surface area contributed by atoms with E-state index in [4.69, 9.17) is 9.59 Å². The van der Waals surface area contributed by atoms with Gasteiger partial charge in [0.25, 0.3) is 15.7 Å². The molecule has 2 heterocycles. The van der Waals surface area contributed by atoms with E-state index < -0.39 is 14.9 Å². The van der Waals surface area contributed by atoms with Crippen LogP contribution in [0.25, 0.3) is 22.4 Å². The topological polar surface area (TPSA) is 150 Å². The number of hydrogen-bond donors (Lipinski definition) is 2. The van der Waals surface area contributed by atoms with Gasteiger partial charge in [-0.2, -0.15) is 9.59 Å². The van der Waals surface area contributed by atoms with Crippen LogP contribution in [-0.4, -0.2) is 87.6 Å². The summed E-state index contributed by atoms with van der Waals surface area (Å²) >= 11 is 1.65. The van der Waals surface area contributed by atoms with Crippen LogP contribution >= 0.6 is 11.8 Å². The Morgan fingerprint density at radius 1 is 0.828 bits per heavy atom. The smallest absolute Gasteiger partial charge is 0.373 e. The maximum atomic E-state index is 15.5. The van der Waals surface area contributed by atoms with Gasteiger partial charge in [-0.3, -0.25) is 14.8 Å². The summed E-state index contributed by atoms with van der Waals surface area (Å²) in [5, 5.41) is 15.6. The Morgan fingerprint density at radius 3 is 2.08 bits per heavy atom. The number of benzene rings is 5. The fraction of sp³-hybridized carbons (Fsp3) is 0.255. The number of anilines is 4. The predicted octanol–water partition coefficient (Wildman–Crippen LogP) is 8.92. The van der Waals surface area contributed by atoms with Crippen molar-refractivity contribution in [3.8, 4) is 22.4 Å². The molecule has 0 spiro atoms. The van der Waals surface area contributed by atoms with E-state index in [-0.39, 0.29) is 40.1 Å². The Bertz CT molecular complexity index is 2690. The van der Waals surface area contributed by atoms with Gasteiger partial charge >= 0.3 is 6.15 Å². The molecule has 5 aromatic carbocycles. The lowest BCUT2D eigenvalue weighted by molar-refractivity contribution is -0.384. The number of piperazine rings is 1. The van der Waals surface area contributed by atoms with Crippen LogP contribution in [0.1, 0.15) is 12.1 Å². The number of nitrogens with zero attached hydrogens (tertiary/aromatic N) is 5. The molecule has 6 aromatic rings. The van der Waals surface area contributed by atoms with Crippen molar-refractivity contribution < 1.29 is 31.7 Å². The molecule has 1 aliphatic heterocycles. The third-order valence-electron chi connectivity index (χ3n) is 10.9. The third kappa shape index (κ3) is 11.7. The van der Waals surface area contributed by atoms with Crippen molar-refractivity contribution in [3.63, 3.8) is 0 Å². The fourth-order valence-electron chi connectivity index (χ4n) is 7.48. The Kier molecular flexibility index (Phi) is 15.6. The SMILES string of the molecule is Cc1cc(-c2cc(N3CCN(c4ccc(NS(=O)(=O)c5ccc(N[C@H](CCN(C)C)CSc6ccccc6)c([N+](=O)[O-])c5)cc4)CC3)ccc2F)c(-c2ccc(F)cc2)n1C.O=C=O. The van der Waals surface area contributed by atoms with Gasteiger partial charge in [0.2, 0.25) is 0 Å². The van der Waals surface area contributed by atoms with Crippen LogP contribution < -0.4 is 19.8 Å². The molecule has 17 heteroatoms. The van der Waals surface area contributed by atoms with Gasteiger partial charge in [0.15, 0.2) is 0 Å². The second kappa shape index (κ2) is 21.2. The van der Waals surface area contributed by atoms with Gasteiger partial charge in [0.1, 0.15) is 17.3 Å². The lowest BCUT2D eigenvalue weighted by Crippen LogP contribution is -2.46. The van der Waals surface area contributed by atoms with Crippen molar-refractivity contribution in [3.05, 3.63) is 149 Å². The lowest BCUT2D eigenvalue weighted by Gasteiger charge is -2.37. The van der Waals surface area contributed by atoms with Crippen molar-refractivity contribution in [1.29, 1.82) is 0 Å². The first kappa shape index (κ1) is 47.0. The van der Waals surface area contributed by atoms with Crippen LogP contribution in [0.15, 0.2) is 131 Å². The Labute approximate surface area is 375 Å². The number of nitro groups is 1. The molecule has 1 aromatic heterocycles. The van der Waals surface area contributed by atoms with Crippen LogP contribution in [0.3, 0.4) is 0 Å². The number of thioether (sulfide) groups is 1. The molecule has 0 radical (unpaired) electrons. The zero-order valence-electron chi connectivity index (χ0n) is 35.8. The van der Waals surface area contributed by atoms with Crippen molar-refractivity contribution in [1.82, 2.24) is 9.47 Å². The molecule has 1 aliphatic rings. The van der Waals surface area contributed by atoms with Crippen molar-refractivity contribution in [2.75, 3.05) is 72.4 Å². The molecular weight excluding hydrogens is 861 g/mol. The van der Waals surface area contributed by atoms with E-state index in [9.17, 15) is 22.9 Å². The Hall–Kier alpha value is -6.52. The number of nitro benzene ring substituents is 1. The molecule has 0 unspecified atom stereocenters. The van der Waals surface area contributed by atoms with Gasteiger partial charge in [-0.05, 0) is 137 Å². The molecule has 7 rings (SSSR count). The summed E-state index contributed by atoms with van der Waals surface area (Å²) in [6.07, 6.45) is 0.975. The summed E-state index contributed by atoms with van der Waals surface area (Å²) in [6, 6.07) is 34.1. The van der Waals surface area contributed by atoms with Crippen molar-refractivity contribution >= 4 is 56.4 Å². The van der Waals surface area contributed by atoms with Gasteiger partial charge in [-0.15, -0.1) is 11.8 Å². The summed E-state index contributed by atoms with van der Waals surface area (Å²) in [5.41, 5.74) is 5.83. The molecule has 0 bridgehead atoms. The summed E-state index contributed by atoms with van der Waals surface area (Å²) in [6.45, 7) is 5.41. The first-order chi connectivity index (χ1) is 30.7. The zero-order chi connectivity index (χ0) is 46.0. The highest BCUT2D eigenvalue weighted by Crippen LogP contribution is 2.38. The van der Waals surface area contributed by atoms with Crippen molar-refractivity contribution in [2.24, 2.45) is 7.05 Å². The highest BCUT2D eigenvalue weighted by Gasteiger charge is 2.25. The largest absolute Gasteiger partial charge is 0.376 e. The van der Waals surface area contributed by atoms with Crippen LogP contribution in [0.4, 0.5) is 37.2 Å². The quantitative estimate of drug-likeness (QED) is 0.0545. The average molecular weight is 910 g/mol. The molecule has 0 saturated carbocycles. The molecule has 334 valence electrons. The summed E-state index contributed by atoms with van der Waals surface area (Å²) in [7, 11) is 1.70. The maximum absolute atomic E-state index is 15.5. The second-order valence-electron chi connectivity index (χ2n) is 15.5. The van der Waals surface area contributed by atoms with E-state index in [1.54, 1.807) is 42.1 Å². The van der Waals surface area contributed by atoms with Gasteiger partial charge in [-0.25, -0.2) is 17.2 Å². The van der Waals surface area contributed by atoms with Crippen LogP contribution in [0, 0.1) is 28.7 Å². The van der Waals surface area contributed by atoms with E-state index in [0.29, 0.717) is 43.2 Å². The Balaban J connectivity index is 0.00000220. The minimum atomic E-state index is -4.16. The molecule has 1 atom stereocenters. The third-order valence-corrected chi connectivity index (χ3v) is 13.5. The lowest BCUT2D eigenvalue weighted by atomic mass is 9.99. The van der Waals surface area contributed by atoms with E-state index in [1.807, 2.05) is 87.2 Å². The van der Waals surface area contributed by atoms with Gasteiger partial charge in [-0.1, -0.05) is 18.2 Å². The van der Waals surface area contributed by atoms with Crippen LogP contribution in [0.5, 0.6) is 0 Å². The monoisotopic (exact) mass is 909 g/mol. The van der Waals surface area contributed by atoms with Crippen LogP contribution in [-0.2, 0) is 26.7 Å². The minimum absolute atomic E-state index is 0.114. The summed E-state index contributed by atoms with van der Waals surface area (Å²) < 4.78 is 60.9. The number of sulfonamides is 1. The van der Waals surface area contributed by atoms with E-state index in [1.165, 1.54) is 30.3 Å². The molecule has 0 amide bonds. The highest BCUT2D eigenvalue weighted by molar-refractivity contribution is 7.99. The van der Waals surface area contributed by atoms with Gasteiger partial charge in [0, 0.05) is 89.9 Å².